The van der Waals surface area contributed by atoms with Gasteiger partial charge in [0.1, 0.15) is 0 Å². The van der Waals surface area contributed by atoms with Gasteiger partial charge in [-0.1, -0.05) is 30.3 Å². The summed E-state index contributed by atoms with van der Waals surface area (Å²) in [4.78, 5) is 27.0. The number of hydrogen-bond donors (Lipinski definition) is 2. The van der Waals surface area contributed by atoms with Gasteiger partial charge in [0.15, 0.2) is 0 Å². The largest absolute Gasteiger partial charge is 0.353 e. The number of amides is 1. The lowest BCUT2D eigenvalue weighted by Gasteiger charge is -2.22. The molecule has 1 amide bonds. The third-order valence-electron chi connectivity index (χ3n) is 5.55. The number of aromatic nitrogens is 1. The van der Waals surface area contributed by atoms with Crippen LogP contribution in [0.1, 0.15) is 72.7 Å². The van der Waals surface area contributed by atoms with Gasteiger partial charge in [-0.25, -0.2) is 8.78 Å². The van der Waals surface area contributed by atoms with E-state index in [-0.39, 0.29) is 29.0 Å². The molecule has 2 aromatic rings. The van der Waals surface area contributed by atoms with Crippen molar-refractivity contribution < 1.29 is 13.6 Å². The first kappa shape index (κ1) is 17.9. The molecule has 1 aromatic heterocycles. The number of pyridine rings is 1. The second-order valence-electron chi connectivity index (χ2n) is 7.53. The van der Waals surface area contributed by atoms with Gasteiger partial charge in [0.2, 0.25) is 5.91 Å². The van der Waals surface area contributed by atoms with Crippen LogP contribution in [-0.2, 0) is 4.79 Å². The van der Waals surface area contributed by atoms with Gasteiger partial charge in [0, 0.05) is 35.2 Å². The number of aromatic amines is 1. The van der Waals surface area contributed by atoms with Gasteiger partial charge in [-0.05, 0) is 43.2 Å². The van der Waals surface area contributed by atoms with Crippen molar-refractivity contribution >= 4 is 5.91 Å². The quantitative estimate of drug-likeness (QED) is 0.805. The molecule has 4 nitrogen and oxygen atoms in total. The fourth-order valence-electron chi connectivity index (χ4n) is 3.87. The second-order valence-corrected chi connectivity index (χ2v) is 7.53. The van der Waals surface area contributed by atoms with E-state index in [0.717, 1.165) is 36.1 Å². The molecule has 1 aliphatic carbocycles. The Labute approximate surface area is 156 Å². The molecule has 6 heteroatoms. The van der Waals surface area contributed by atoms with Crippen molar-refractivity contribution in [3.63, 3.8) is 0 Å². The van der Waals surface area contributed by atoms with E-state index in [1.807, 2.05) is 12.1 Å². The maximum absolute atomic E-state index is 12.9. The Bertz CT molecular complexity index is 888. The highest BCUT2D eigenvalue weighted by Crippen LogP contribution is 2.39. The first-order valence-corrected chi connectivity index (χ1v) is 9.41. The molecule has 4 rings (SSSR count). The van der Waals surface area contributed by atoms with Crippen molar-refractivity contribution in [1.29, 1.82) is 0 Å². The molecular formula is C21H22F2N2O2. The molecule has 142 valence electrons. The molecule has 0 spiro atoms. The summed E-state index contributed by atoms with van der Waals surface area (Å²) in [6.07, 6.45) is 1.46. The molecule has 0 unspecified atom stereocenters. The van der Waals surface area contributed by atoms with Crippen LogP contribution in [-0.4, -0.2) is 16.9 Å². The molecule has 0 bridgehead atoms. The normalized spacial score (nSPS) is 20.7. The Balaban J connectivity index is 1.65. The molecule has 2 aliphatic rings. The van der Waals surface area contributed by atoms with E-state index < -0.39 is 6.43 Å². The predicted octanol–water partition coefficient (Wildman–Crippen LogP) is 3.99. The highest BCUT2D eigenvalue weighted by Gasteiger charge is 2.29. The Kier molecular flexibility index (Phi) is 4.81. The average molecular weight is 372 g/mol. The van der Waals surface area contributed by atoms with E-state index in [1.54, 1.807) is 12.1 Å². The minimum absolute atomic E-state index is 0.0175. The van der Waals surface area contributed by atoms with Gasteiger partial charge in [-0.15, -0.1) is 0 Å². The highest BCUT2D eigenvalue weighted by atomic mass is 19.3. The molecule has 1 saturated carbocycles. The lowest BCUT2D eigenvalue weighted by molar-refractivity contribution is -0.119. The molecule has 2 atom stereocenters. The van der Waals surface area contributed by atoms with Crippen LogP contribution in [0.4, 0.5) is 8.78 Å². The molecule has 2 fully saturated rings. The third kappa shape index (κ3) is 3.94. The SMILES string of the molecule is O=C1CC[C@H](C[C@H](c2ccc(C(F)F)cc2)c2ccc(C3CC3)c(=O)[nH]2)N1. The number of carbonyl (C=O) groups excluding carboxylic acids is 1. The number of nitrogens with one attached hydrogen (secondary N) is 2. The smallest absolute Gasteiger partial charge is 0.263 e. The molecular weight excluding hydrogens is 350 g/mol. The average Bonchev–Trinajstić information content (AvgIpc) is 3.41. The monoisotopic (exact) mass is 372 g/mol. The summed E-state index contributed by atoms with van der Waals surface area (Å²) < 4.78 is 25.8. The summed E-state index contributed by atoms with van der Waals surface area (Å²) >= 11 is 0. The van der Waals surface area contributed by atoms with E-state index >= 15 is 0 Å². The maximum Gasteiger partial charge on any atom is 0.263 e. The fraction of sp³-hybridized carbons (Fsp3) is 0.429. The zero-order chi connectivity index (χ0) is 19.0. The highest BCUT2D eigenvalue weighted by molar-refractivity contribution is 5.78. The van der Waals surface area contributed by atoms with Crippen molar-refractivity contribution in [2.24, 2.45) is 0 Å². The first-order chi connectivity index (χ1) is 13.0. The summed E-state index contributed by atoms with van der Waals surface area (Å²) in [5.74, 6) is 0.228. The Hall–Kier alpha value is -2.50. The minimum Gasteiger partial charge on any atom is -0.353 e. The van der Waals surface area contributed by atoms with Gasteiger partial charge in [0.25, 0.3) is 12.0 Å². The van der Waals surface area contributed by atoms with Gasteiger partial charge < -0.3 is 10.3 Å². The third-order valence-corrected chi connectivity index (χ3v) is 5.55. The predicted molar refractivity (Wildman–Crippen MR) is 98.1 cm³/mol. The van der Waals surface area contributed by atoms with Crippen molar-refractivity contribution in [1.82, 2.24) is 10.3 Å². The van der Waals surface area contributed by atoms with Gasteiger partial charge in [0.05, 0.1) is 0 Å². The number of rotatable bonds is 6. The standard InChI is InChI=1S/C21H22F2N2O2/c22-20(23)14-5-3-13(4-6-14)17(11-15-7-10-19(26)24-15)18-9-8-16(12-1-2-12)21(27)25-18/h3-6,8-9,12,15,17,20H,1-2,7,10-11H2,(H,24,26)(H,25,27)/t15-,17-/m1/s1. The topological polar surface area (TPSA) is 62.0 Å². The number of H-pyrrole nitrogens is 1. The number of carbonyl (C=O) groups is 1. The van der Waals surface area contributed by atoms with Crippen LogP contribution in [0.2, 0.25) is 0 Å². The molecule has 1 aromatic carbocycles. The van der Waals surface area contributed by atoms with Crippen molar-refractivity contribution in [3.8, 4) is 0 Å². The molecule has 27 heavy (non-hydrogen) atoms. The van der Waals surface area contributed by atoms with Crippen LogP contribution in [0.15, 0.2) is 41.2 Å². The molecule has 2 N–H and O–H groups in total. The summed E-state index contributed by atoms with van der Waals surface area (Å²) in [6, 6.07) is 10.1. The van der Waals surface area contributed by atoms with Crippen LogP contribution >= 0.6 is 0 Å². The Morgan fingerprint density at radius 3 is 2.22 bits per heavy atom. The lowest BCUT2D eigenvalue weighted by atomic mass is 9.87. The minimum atomic E-state index is -2.51. The summed E-state index contributed by atoms with van der Waals surface area (Å²) in [5.41, 5.74) is 2.34. The molecule has 2 heterocycles. The van der Waals surface area contributed by atoms with E-state index in [9.17, 15) is 18.4 Å². The van der Waals surface area contributed by atoms with Crippen LogP contribution in [0, 0.1) is 0 Å². The number of benzene rings is 1. The summed E-state index contributed by atoms with van der Waals surface area (Å²) in [5, 5.41) is 2.96. The number of hydrogen-bond acceptors (Lipinski definition) is 2. The Morgan fingerprint density at radius 1 is 0.963 bits per heavy atom. The van der Waals surface area contributed by atoms with Crippen LogP contribution in [0.25, 0.3) is 0 Å². The van der Waals surface area contributed by atoms with E-state index in [0.29, 0.717) is 18.8 Å². The fourth-order valence-corrected chi connectivity index (χ4v) is 3.87. The second kappa shape index (κ2) is 7.25. The summed E-state index contributed by atoms with van der Waals surface area (Å²) in [6.45, 7) is 0. The Morgan fingerprint density at radius 2 is 1.67 bits per heavy atom. The lowest BCUT2D eigenvalue weighted by Crippen LogP contribution is -2.28. The van der Waals surface area contributed by atoms with E-state index in [2.05, 4.69) is 10.3 Å². The van der Waals surface area contributed by atoms with Crippen molar-refractivity contribution in [3.05, 3.63) is 69.1 Å². The summed E-state index contributed by atoms with van der Waals surface area (Å²) in [7, 11) is 0. The van der Waals surface area contributed by atoms with Gasteiger partial charge >= 0.3 is 0 Å². The van der Waals surface area contributed by atoms with Crippen LogP contribution < -0.4 is 10.9 Å². The van der Waals surface area contributed by atoms with Crippen molar-refractivity contribution in [2.75, 3.05) is 0 Å². The zero-order valence-electron chi connectivity index (χ0n) is 14.9. The van der Waals surface area contributed by atoms with Gasteiger partial charge in [-0.2, -0.15) is 0 Å². The van der Waals surface area contributed by atoms with Crippen LogP contribution in [0.5, 0.6) is 0 Å². The number of alkyl halides is 2. The zero-order valence-corrected chi connectivity index (χ0v) is 14.9. The first-order valence-electron chi connectivity index (χ1n) is 9.41. The number of halogens is 2. The van der Waals surface area contributed by atoms with E-state index in [4.69, 9.17) is 0 Å². The maximum atomic E-state index is 12.9. The van der Waals surface area contributed by atoms with Gasteiger partial charge in [-0.3, -0.25) is 9.59 Å². The van der Waals surface area contributed by atoms with Crippen molar-refractivity contribution in [2.45, 2.75) is 56.4 Å². The molecule has 0 radical (unpaired) electrons. The van der Waals surface area contributed by atoms with E-state index in [1.165, 1.54) is 12.1 Å². The van der Waals surface area contributed by atoms with Crippen LogP contribution in [0.3, 0.4) is 0 Å². The molecule has 1 aliphatic heterocycles. The molecule has 1 saturated heterocycles.